The van der Waals surface area contributed by atoms with Crippen LogP contribution in [0.1, 0.15) is 142 Å². The summed E-state index contributed by atoms with van der Waals surface area (Å²) in [6.45, 7) is 4.51. The first-order valence-corrected chi connectivity index (χ1v) is 22.4. The third-order valence-electron chi connectivity index (χ3n) is 8.79. The quantitative estimate of drug-likeness (QED) is 0.0164. The zero-order valence-electron chi connectivity index (χ0n) is 34.8. The summed E-state index contributed by atoms with van der Waals surface area (Å²) in [5.74, 6) is -0.342. The number of phosphoric ester groups is 1. The number of nitrogens with one attached hydrogen (secondary N) is 1. The highest BCUT2D eigenvalue weighted by molar-refractivity contribution is 7.47. The molecular formula is C44H80N2O7P+. The van der Waals surface area contributed by atoms with Crippen molar-refractivity contribution in [3.8, 4) is 0 Å². The third-order valence-corrected chi connectivity index (χ3v) is 9.77. The van der Waals surface area contributed by atoms with Crippen LogP contribution in [0.5, 0.6) is 0 Å². The van der Waals surface area contributed by atoms with Crippen LogP contribution < -0.4 is 5.32 Å². The molecule has 0 aromatic carbocycles. The van der Waals surface area contributed by atoms with Gasteiger partial charge >= 0.3 is 7.82 Å². The van der Waals surface area contributed by atoms with Gasteiger partial charge in [-0.15, -0.1) is 0 Å². The van der Waals surface area contributed by atoms with Crippen molar-refractivity contribution in [2.45, 2.75) is 161 Å². The topological polar surface area (TPSA) is 125 Å². The molecule has 9 nitrogen and oxygen atoms in total. The van der Waals surface area contributed by atoms with Crippen LogP contribution in [0.3, 0.4) is 0 Å². The lowest BCUT2D eigenvalue weighted by Crippen LogP contribution is -2.45. The van der Waals surface area contributed by atoms with Gasteiger partial charge < -0.3 is 24.9 Å². The van der Waals surface area contributed by atoms with Crippen LogP contribution in [0.25, 0.3) is 0 Å². The Labute approximate surface area is 330 Å². The largest absolute Gasteiger partial charge is 0.472 e. The first-order valence-electron chi connectivity index (χ1n) is 20.9. The number of likely N-dealkylation sites (N-methyl/N-ethyl adjacent to an activating group) is 1. The SMILES string of the molecule is CC/C=C\C/C=C\C/C=C\C/C=C\C=C\C(O)CCCC(=O)N[C@@H](COP(=O)(O)OCC[N+](C)(C)C)[C@H](O)/C=C/CCCCCCCCCCCCCC. The van der Waals surface area contributed by atoms with E-state index < -0.39 is 32.7 Å². The molecule has 0 rings (SSSR count). The van der Waals surface area contributed by atoms with E-state index in [0.29, 0.717) is 23.9 Å². The van der Waals surface area contributed by atoms with Crippen LogP contribution in [0.15, 0.2) is 72.9 Å². The van der Waals surface area contributed by atoms with E-state index >= 15 is 0 Å². The van der Waals surface area contributed by atoms with Crippen LogP contribution in [-0.4, -0.2) is 84.6 Å². The highest BCUT2D eigenvalue weighted by Gasteiger charge is 2.27. The van der Waals surface area contributed by atoms with E-state index in [1.165, 1.54) is 64.2 Å². The maximum Gasteiger partial charge on any atom is 0.472 e. The Hall–Kier alpha value is -2.10. The molecule has 0 aliphatic heterocycles. The van der Waals surface area contributed by atoms with Crippen LogP contribution in [0.2, 0.25) is 0 Å². The van der Waals surface area contributed by atoms with Crippen LogP contribution in [0, 0.1) is 0 Å². The Balaban J connectivity index is 4.72. The predicted octanol–water partition coefficient (Wildman–Crippen LogP) is 10.2. The van der Waals surface area contributed by atoms with Crippen molar-refractivity contribution in [3.05, 3.63) is 72.9 Å². The zero-order valence-corrected chi connectivity index (χ0v) is 35.7. The maximum atomic E-state index is 12.8. The van der Waals surface area contributed by atoms with Gasteiger partial charge in [0.15, 0.2) is 0 Å². The highest BCUT2D eigenvalue weighted by Crippen LogP contribution is 2.43. The summed E-state index contributed by atoms with van der Waals surface area (Å²) in [4.78, 5) is 23.1. The number of carbonyl (C=O) groups is 1. The molecule has 0 saturated heterocycles. The monoisotopic (exact) mass is 780 g/mol. The summed E-state index contributed by atoms with van der Waals surface area (Å²) in [6, 6.07) is -0.943. The molecule has 0 heterocycles. The summed E-state index contributed by atoms with van der Waals surface area (Å²) in [7, 11) is 1.44. The number of allylic oxidation sites excluding steroid dienone is 10. The number of hydrogen-bond donors (Lipinski definition) is 4. The van der Waals surface area contributed by atoms with Gasteiger partial charge in [-0.25, -0.2) is 4.57 Å². The van der Waals surface area contributed by atoms with E-state index in [4.69, 9.17) is 9.05 Å². The average molecular weight is 780 g/mol. The third kappa shape index (κ3) is 36.9. The molecule has 0 bridgehead atoms. The molecule has 0 fully saturated rings. The first kappa shape index (κ1) is 51.9. The average Bonchev–Trinajstić information content (AvgIpc) is 3.11. The summed E-state index contributed by atoms with van der Waals surface area (Å²) >= 11 is 0. The van der Waals surface area contributed by atoms with Crippen LogP contribution in [-0.2, 0) is 18.4 Å². The van der Waals surface area contributed by atoms with Crippen molar-refractivity contribution in [2.75, 3.05) is 40.9 Å². The molecule has 4 atom stereocenters. The number of quaternary nitrogens is 1. The van der Waals surface area contributed by atoms with Gasteiger partial charge in [-0.2, -0.15) is 0 Å². The van der Waals surface area contributed by atoms with Crippen molar-refractivity contribution in [1.29, 1.82) is 0 Å². The summed E-state index contributed by atoms with van der Waals surface area (Å²) in [6.07, 6.45) is 42.8. The minimum absolute atomic E-state index is 0.0227. The van der Waals surface area contributed by atoms with E-state index in [9.17, 15) is 24.5 Å². The fourth-order valence-corrected chi connectivity index (χ4v) is 6.16. The van der Waals surface area contributed by atoms with Gasteiger partial charge in [0.05, 0.1) is 46.0 Å². The fourth-order valence-electron chi connectivity index (χ4n) is 5.42. The first-order chi connectivity index (χ1) is 25.9. The molecule has 312 valence electrons. The number of unbranched alkanes of at least 4 members (excludes halogenated alkanes) is 12. The summed E-state index contributed by atoms with van der Waals surface area (Å²) < 4.78 is 23.4. The number of rotatable bonds is 36. The maximum absolute atomic E-state index is 12.8. The molecule has 0 saturated carbocycles. The second kappa shape index (κ2) is 35.3. The lowest BCUT2D eigenvalue weighted by molar-refractivity contribution is -0.870. The van der Waals surface area contributed by atoms with Crippen molar-refractivity contribution in [1.82, 2.24) is 5.32 Å². The number of aliphatic hydroxyl groups excluding tert-OH is 2. The molecule has 10 heteroatoms. The molecule has 2 unspecified atom stereocenters. The molecule has 54 heavy (non-hydrogen) atoms. The number of carbonyl (C=O) groups excluding carboxylic acids is 1. The molecule has 1 amide bonds. The zero-order chi connectivity index (χ0) is 40.2. The number of aliphatic hydroxyl groups is 2. The molecular weight excluding hydrogens is 699 g/mol. The lowest BCUT2D eigenvalue weighted by Gasteiger charge is -2.25. The second-order valence-corrected chi connectivity index (χ2v) is 16.6. The van der Waals surface area contributed by atoms with Gasteiger partial charge in [-0.1, -0.05) is 157 Å². The Bertz CT molecular complexity index is 1130. The normalized spacial score (nSPS) is 15.8. The molecule has 0 aromatic rings. The molecule has 0 aliphatic rings. The van der Waals surface area contributed by atoms with Crippen LogP contribution in [0.4, 0.5) is 0 Å². The number of hydrogen-bond acceptors (Lipinski definition) is 6. The molecule has 4 N–H and O–H groups in total. The Kier molecular flexibility index (Phi) is 33.9. The Morgan fingerprint density at radius 2 is 1.26 bits per heavy atom. The lowest BCUT2D eigenvalue weighted by atomic mass is 10.0. The van der Waals surface area contributed by atoms with Crippen molar-refractivity contribution in [2.24, 2.45) is 0 Å². The number of amides is 1. The highest BCUT2D eigenvalue weighted by atomic mass is 31.2. The van der Waals surface area contributed by atoms with Gasteiger partial charge in [0.2, 0.25) is 5.91 Å². The smallest absolute Gasteiger partial charge is 0.389 e. The van der Waals surface area contributed by atoms with E-state index in [-0.39, 0.29) is 18.9 Å². The molecule has 0 aromatic heterocycles. The van der Waals surface area contributed by atoms with Crippen molar-refractivity contribution >= 4 is 13.7 Å². The predicted molar refractivity (Wildman–Crippen MR) is 227 cm³/mol. The molecule has 0 aliphatic carbocycles. The van der Waals surface area contributed by atoms with E-state index in [1.807, 2.05) is 45.4 Å². The minimum Gasteiger partial charge on any atom is -0.389 e. The van der Waals surface area contributed by atoms with E-state index in [2.05, 4.69) is 55.6 Å². The van der Waals surface area contributed by atoms with Gasteiger partial charge in [0, 0.05) is 6.42 Å². The summed E-state index contributed by atoms with van der Waals surface area (Å²) in [5.41, 5.74) is 0. The van der Waals surface area contributed by atoms with Crippen molar-refractivity contribution in [3.63, 3.8) is 0 Å². The number of phosphoric acid groups is 1. The Morgan fingerprint density at radius 1 is 0.704 bits per heavy atom. The van der Waals surface area contributed by atoms with Gasteiger partial charge in [-0.3, -0.25) is 13.8 Å². The Morgan fingerprint density at radius 3 is 1.83 bits per heavy atom. The number of nitrogens with zero attached hydrogens (tertiary/aromatic N) is 1. The van der Waals surface area contributed by atoms with Crippen LogP contribution >= 0.6 is 7.82 Å². The molecule has 0 spiro atoms. The van der Waals surface area contributed by atoms with Gasteiger partial charge in [0.25, 0.3) is 0 Å². The second-order valence-electron chi connectivity index (χ2n) is 15.2. The fraction of sp³-hybridized carbons (Fsp3) is 0.705. The van der Waals surface area contributed by atoms with E-state index in [1.54, 1.807) is 12.2 Å². The van der Waals surface area contributed by atoms with E-state index in [0.717, 1.165) is 44.9 Å². The minimum atomic E-state index is -4.39. The van der Waals surface area contributed by atoms with Crippen molar-refractivity contribution < 1.29 is 38.0 Å². The molecule has 0 radical (unpaired) electrons. The van der Waals surface area contributed by atoms with Gasteiger partial charge in [-0.05, 0) is 51.4 Å². The summed E-state index contributed by atoms with van der Waals surface area (Å²) in [5, 5.41) is 24.0. The van der Waals surface area contributed by atoms with Gasteiger partial charge in [0.1, 0.15) is 13.2 Å². The standard InChI is InChI=1S/C44H79N2O7P/c1-6-8-10-12-14-16-18-20-22-24-26-28-30-32-36-43(48)42(40-53-54(50,51)52-39-38-46(3,4)5)45-44(49)37-33-35-41(47)34-31-29-27-25-23-21-19-17-15-13-11-9-7-2/h9,11,15,17,21,23,27,29,31-32,34,36,41-43,47-48H,6-8,10,12-14,16,18-20,22,24-26,28,30,33,35,37-40H2,1-5H3,(H-,45,49,50,51)/p+1/b11-9-,17-15-,23-21-,29-27-,34-31+,36-32+/t41?,42-,43+/m0/s1.